The van der Waals surface area contributed by atoms with E-state index in [1.165, 1.54) is 0 Å². The standard InChI is InChI=1S/C13H14BrN3/c1-9-5-10(7-16-6-9)13(15-2)12-4-3-11(14)8-17-12/h3-8,13,15H,1-2H3. The summed E-state index contributed by atoms with van der Waals surface area (Å²) in [4.78, 5) is 8.64. The predicted molar refractivity (Wildman–Crippen MR) is 71.8 cm³/mol. The quantitative estimate of drug-likeness (QED) is 0.945. The number of aryl methyl sites for hydroxylation is 1. The van der Waals surface area contributed by atoms with Crippen LogP contribution in [0.25, 0.3) is 0 Å². The van der Waals surface area contributed by atoms with Crippen LogP contribution in [0.1, 0.15) is 22.9 Å². The fourth-order valence-electron chi connectivity index (χ4n) is 1.78. The van der Waals surface area contributed by atoms with Crippen molar-refractivity contribution in [3.63, 3.8) is 0 Å². The van der Waals surface area contributed by atoms with Crippen LogP contribution in [0.5, 0.6) is 0 Å². The molecule has 0 radical (unpaired) electrons. The lowest BCUT2D eigenvalue weighted by Gasteiger charge is -2.16. The van der Waals surface area contributed by atoms with Crippen LogP contribution in [-0.4, -0.2) is 17.0 Å². The van der Waals surface area contributed by atoms with Crippen molar-refractivity contribution in [1.82, 2.24) is 15.3 Å². The van der Waals surface area contributed by atoms with Gasteiger partial charge in [-0.2, -0.15) is 0 Å². The van der Waals surface area contributed by atoms with Gasteiger partial charge < -0.3 is 5.32 Å². The van der Waals surface area contributed by atoms with Crippen LogP contribution in [0.15, 0.2) is 41.3 Å². The van der Waals surface area contributed by atoms with Gasteiger partial charge in [-0.3, -0.25) is 9.97 Å². The molecule has 0 spiro atoms. The maximum absolute atomic E-state index is 4.42. The Labute approximate surface area is 109 Å². The average molecular weight is 292 g/mol. The number of aromatic nitrogens is 2. The lowest BCUT2D eigenvalue weighted by Crippen LogP contribution is -2.19. The fraction of sp³-hybridized carbons (Fsp3) is 0.231. The van der Waals surface area contributed by atoms with Crippen LogP contribution in [0.3, 0.4) is 0 Å². The van der Waals surface area contributed by atoms with Gasteiger partial charge in [-0.1, -0.05) is 6.07 Å². The first-order valence-electron chi connectivity index (χ1n) is 5.41. The summed E-state index contributed by atoms with van der Waals surface area (Å²) in [6.45, 7) is 2.04. The molecule has 1 unspecified atom stereocenters. The van der Waals surface area contributed by atoms with Crippen LogP contribution in [0.2, 0.25) is 0 Å². The Hall–Kier alpha value is -1.26. The van der Waals surface area contributed by atoms with Gasteiger partial charge in [0, 0.05) is 23.1 Å². The molecule has 0 aliphatic carbocycles. The predicted octanol–water partition coefficient (Wildman–Crippen LogP) is 2.86. The molecular formula is C13H14BrN3. The van der Waals surface area contributed by atoms with Gasteiger partial charge >= 0.3 is 0 Å². The molecule has 2 aromatic rings. The monoisotopic (exact) mass is 291 g/mol. The lowest BCUT2D eigenvalue weighted by atomic mass is 10.0. The maximum Gasteiger partial charge on any atom is 0.0764 e. The first kappa shape index (κ1) is 12.2. The van der Waals surface area contributed by atoms with Crippen molar-refractivity contribution in [1.29, 1.82) is 0 Å². The van der Waals surface area contributed by atoms with E-state index in [-0.39, 0.29) is 6.04 Å². The van der Waals surface area contributed by atoms with E-state index < -0.39 is 0 Å². The number of pyridine rings is 2. The Balaban J connectivity index is 2.36. The Morgan fingerprint density at radius 3 is 2.65 bits per heavy atom. The van der Waals surface area contributed by atoms with Gasteiger partial charge in [0.25, 0.3) is 0 Å². The summed E-state index contributed by atoms with van der Waals surface area (Å²) in [5.74, 6) is 0. The number of hydrogen-bond donors (Lipinski definition) is 1. The third kappa shape index (κ3) is 2.90. The zero-order valence-corrected chi connectivity index (χ0v) is 11.4. The van der Waals surface area contributed by atoms with Gasteiger partial charge in [-0.25, -0.2) is 0 Å². The molecule has 2 rings (SSSR count). The number of halogens is 1. The van der Waals surface area contributed by atoms with E-state index in [0.29, 0.717) is 0 Å². The first-order chi connectivity index (χ1) is 8.20. The molecule has 0 bridgehead atoms. The third-order valence-electron chi connectivity index (χ3n) is 2.56. The van der Waals surface area contributed by atoms with Crippen LogP contribution in [0, 0.1) is 6.92 Å². The molecule has 0 fully saturated rings. The second kappa shape index (κ2) is 5.38. The minimum atomic E-state index is 0.0792. The van der Waals surface area contributed by atoms with Crippen molar-refractivity contribution in [2.45, 2.75) is 13.0 Å². The zero-order chi connectivity index (χ0) is 12.3. The van der Waals surface area contributed by atoms with E-state index in [4.69, 9.17) is 0 Å². The highest BCUT2D eigenvalue weighted by atomic mass is 79.9. The van der Waals surface area contributed by atoms with Gasteiger partial charge in [0.15, 0.2) is 0 Å². The van der Waals surface area contributed by atoms with E-state index >= 15 is 0 Å². The molecule has 17 heavy (non-hydrogen) atoms. The second-order valence-corrected chi connectivity index (χ2v) is 4.83. The van der Waals surface area contributed by atoms with E-state index in [1.54, 1.807) is 0 Å². The third-order valence-corrected chi connectivity index (χ3v) is 3.03. The highest BCUT2D eigenvalue weighted by Gasteiger charge is 2.13. The molecule has 0 amide bonds. The molecule has 0 aliphatic heterocycles. The van der Waals surface area contributed by atoms with E-state index in [2.05, 4.69) is 37.3 Å². The molecule has 0 aliphatic rings. The van der Waals surface area contributed by atoms with Gasteiger partial charge in [0.2, 0.25) is 0 Å². The number of nitrogens with zero attached hydrogens (tertiary/aromatic N) is 2. The average Bonchev–Trinajstić information content (AvgIpc) is 2.33. The van der Waals surface area contributed by atoms with Crippen LogP contribution < -0.4 is 5.32 Å². The molecule has 0 saturated carbocycles. The van der Waals surface area contributed by atoms with Crippen molar-refractivity contribution in [3.05, 3.63) is 58.1 Å². The Morgan fingerprint density at radius 2 is 2.06 bits per heavy atom. The van der Waals surface area contributed by atoms with Gasteiger partial charge in [-0.15, -0.1) is 0 Å². The molecule has 1 N–H and O–H groups in total. The van der Waals surface area contributed by atoms with Crippen LogP contribution >= 0.6 is 15.9 Å². The van der Waals surface area contributed by atoms with Gasteiger partial charge in [-0.05, 0) is 53.2 Å². The van der Waals surface area contributed by atoms with Crippen molar-refractivity contribution in [2.24, 2.45) is 0 Å². The Morgan fingerprint density at radius 1 is 1.24 bits per heavy atom. The van der Waals surface area contributed by atoms with E-state index in [0.717, 1.165) is 21.3 Å². The summed E-state index contributed by atoms with van der Waals surface area (Å²) in [6.07, 6.45) is 5.53. The molecule has 4 heteroatoms. The summed E-state index contributed by atoms with van der Waals surface area (Å²) >= 11 is 3.39. The van der Waals surface area contributed by atoms with Gasteiger partial charge in [0.1, 0.15) is 0 Å². The maximum atomic E-state index is 4.42. The SMILES string of the molecule is CNC(c1cncc(C)c1)c1ccc(Br)cn1. The number of hydrogen-bond acceptors (Lipinski definition) is 3. The Bertz CT molecular complexity index is 496. The summed E-state index contributed by atoms with van der Waals surface area (Å²) in [5, 5.41) is 3.26. The number of rotatable bonds is 3. The molecule has 88 valence electrons. The summed E-state index contributed by atoms with van der Waals surface area (Å²) in [5.41, 5.74) is 3.27. The zero-order valence-electron chi connectivity index (χ0n) is 9.81. The van der Waals surface area contributed by atoms with Crippen molar-refractivity contribution in [3.8, 4) is 0 Å². The fourth-order valence-corrected chi connectivity index (χ4v) is 2.01. The molecule has 2 aromatic heterocycles. The van der Waals surface area contributed by atoms with Crippen LogP contribution in [-0.2, 0) is 0 Å². The molecule has 2 heterocycles. The normalized spacial score (nSPS) is 12.4. The smallest absolute Gasteiger partial charge is 0.0764 e. The van der Waals surface area contributed by atoms with E-state index in [1.807, 2.05) is 44.7 Å². The lowest BCUT2D eigenvalue weighted by molar-refractivity contribution is 0.667. The minimum Gasteiger partial charge on any atom is -0.308 e. The highest BCUT2D eigenvalue weighted by molar-refractivity contribution is 9.10. The summed E-state index contributed by atoms with van der Waals surface area (Å²) in [7, 11) is 1.93. The van der Waals surface area contributed by atoms with Gasteiger partial charge in [0.05, 0.1) is 11.7 Å². The largest absolute Gasteiger partial charge is 0.308 e. The summed E-state index contributed by atoms with van der Waals surface area (Å²) < 4.78 is 0.985. The molecule has 0 saturated heterocycles. The Kier molecular flexibility index (Phi) is 3.86. The first-order valence-corrected chi connectivity index (χ1v) is 6.20. The highest BCUT2D eigenvalue weighted by Crippen LogP contribution is 2.21. The summed E-state index contributed by atoms with van der Waals surface area (Å²) in [6, 6.07) is 6.21. The number of nitrogens with one attached hydrogen (secondary N) is 1. The molecular weight excluding hydrogens is 278 g/mol. The molecule has 0 aromatic carbocycles. The van der Waals surface area contributed by atoms with Crippen molar-refractivity contribution < 1.29 is 0 Å². The minimum absolute atomic E-state index is 0.0792. The van der Waals surface area contributed by atoms with E-state index in [9.17, 15) is 0 Å². The molecule has 1 atom stereocenters. The van der Waals surface area contributed by atoms with Crippen molar-refractivity contribution in [2.75, 3.05) is 7.05 Å². The molecule has 3 nitrogen and oxygen atoms in total. The topological polar surface area (TPSA) is 37.8 Å². The second-order valence-electron chi connectivity index (χ2n) is 3.92. The van der Waals surface area contributed by atoms with Crippen molar-refractivity contribution >= 4 is 15.9 Å². The van der Waals surface area contributed by atoms with Crippen LogP contribution in [0.4, 0.5) is 0 Å².